The lowest BCUT2D eigenvalue weighted by molar-refractivity contribution is -0.132. The highest BCUT2D eigenvalue weighted by molar-refractivity contribution is 5.78. The van der Waals surface area contributed by atoms with Crippen molar-refractivity contribution in [3.63, 3.8) is 0 Å². The summed E-state index contributed by atoms with van der Waals surface area (Å²) in [7, 11) is 0. The topological polar surface area (TPSA) is 49.6 Å². The van der Waals surface area contributed by atoms with Crippen molar-refractivity contribution >= 4 is 5.91 Å². The Balaban J connectivity index is 2.66. The summed E-state index contributed by atoms with van der Waals surface area (Å²) >= 11 is 0. The Morgan fingerprint density at radius 2 is 1.86 bits per heavy atom. The average Bonchev–Trinajstić information content (AvgIpc) is 2.49. The normalized spacial score (nSPS) is 22.3. The minimum atomic E-state index is 0.212. The lowest BCUT2D eigenvalue weighted by Crippen LogP contribution is -2.49. The highest BCUT2D eigenvalue weighted by Gasteiger charge is 2.30. The minimum Gasteiger partial charge on any atom is -0.338 e. The number of carbonyl (C=O) groups excluding carboxylic acids is 1. The van der Waals surface area contributed by atoms with Gasteiger partial charge in [-0.05, 0) is 45.7 Å². The first kappa shape index (κ1) is 18.2. The van der Waals surface area contributed by atoms with Crippen molar-refractivity contribution in [2.45, 2.75) is 52.5 Å². The molecule has 2 unspecified atom stereocenters. The molecule has 1 fully saturated rings. The smallest absolute Gasteiger partial charge is 0.237 e. The number of hydrogen-bond acceptors (Lipinski definition) is 3. The standard InChI is InChI=1S/C17H33N3O/c1-5-19(16-10-8-7-9-15(16)11-18)13-17(21)20(6-2)12-14(3)4/h15-16H,3,5-13,18H2,1-2,4H3. The van der Waals surface area contributed by atoms with Gasteiger partial charge in [0.1, 0.15) is 0 Å². The van der Waals surface area contributed by atoms with Gasteiger partial charge in [0.25, 0.3) is 0 Å². The third-order valence-electron chi connectivity index (χ3n) is 4.58. The summed E-state index contributed by atoms with van der Waals surface area (Å²) < 4.78 is 0. The van der Waals surface area contributed by atoms with Crippen LogP contribution in [-0.4, -0.2) is 54.5 Å². The number of nitrogens with zero attached hydrogens (tertiary/aromatic N) is 2. The predicted octanol–water partition coefficient (Wildman–Crippen LogP) is 2.25. The molecule has 2 atom stereocenters. The molecule has 122 valence electrons. The zero-order chi connectivity index (χ0) is 15.8. The fourth-order valence-electron chi connectivity index (χ4n) is 3.38. The van der Waals surface area contributed by atoms with Crippen LogP contribution in [0.2, 0.25) is 0 Å². The summed E-state index contributed by atoms with van der Waals surface area (Å²) in [6.07, 6.45) is 4.92. The fraction of sp³-hybridized carbons (Fsp3) is 0.824. The molecule has 0 spiro atoms. The Morgan fingerprint density at radius 1 is 1.19 bits per heavy atom. The first-order chi connectivity index (χ1) is 10.0. The van der Waals surface area contributed by atoms with Crippen LogP contribution in [-0.2, 0) is 4.79 Å². The molecular weight excluding hydrogens is 262 g/mol. The van der Waals surface area contributed by atoms with Gasteiger partial charge in [0, 0.05) is 19.1 Å². The summed E-state index contributed by atoms with van der Waals surface area (Å²) in [5.74, 6) is 0.756. The van der Waals surface area contributed by atoms with E-state index in [2.05, 4.69) is 18.4 Å². The maximum Gasteiger partial charge on any atom is 0.237 e. The van der Waals surface area contributed by atoms with Crippen molar-refractivity contribution in [1.29, 1.82) is 0 Å². The second-order valence-corrected chi connectivity index (χ2v) is 6.28. The first-order valence-electron chi connectivity index (χ1n) is 8.39. The van der Waals surface area contributed by atoms with E-state index in [-0.39, 0.29) is 5.91 Å². The quantitative estimate of drug-likeness (QED) is 0.699. The minimum absolute atomic E-state index is 0.212. The fourth-order valence-corrected chi connectivity index (χ4v) is 3.38. The SMILES string of the molecule is C=C(C)CN(CC)C(=O)CN(CC)C1CCCCC1CN. The van der Waals surface area contributed by atoms with Crippen LogP contribution in [0.1, 0.15) is 46.5 Å². The predicted molar refractivity (Wildman–Crippen MR) is 89.1 cm³/mol. The van der Waals surface area contributed by atoms with Gasteiger partial charge in [-0.2, -0.15) is 0 Å². The van der Waals surface area contributed by atoms with Crippen LogP contribution in [0.3, 0.4) is 0 Å². The molecule has 1 amide bonds. The van der Waals surface area contributed by atoms with Crippen molar-refractivity contribution < 1.29 is 4.79 Å². The third-order valence-corrected chi connectivity index (χ3v) is 4.58. The van der Waals surface area contributed by atoms with Crippen LogP contribution in [0.5, 0.6) is 0 Å². The molecule has 0 aromatic heterocycles. The molecule has 2 N–H and O–H groups in total. The second kappa shape index (κ2) is 9.21. The van der Waals surface area contributed by atoms with E-state index < -0.39 is 0 Å². The number of carbonyl (C=O) groups is 1. The lowest BCUT2D eigenvalue weighted by Gasteiger charge is -2.39. The van der Waals surface area contributed by atoms with Crippen LogP contribution in [0.15, 0.2) is 12.2 Å². The van der Waals surface area contributed by atoms with Gasteiger partial charge in [0.05, 0.1) is 6.54 Å². The van der Waals surface area contributed by atoms with Crippen LogP contribution in [0, 0.1) is 5.92 Å². The summed E-state index contributed by atoms with van der Waals surface area (Å²) in [6, 6.07) is 0.473. The van der Waals surface area contributed by atoms with E-state index in [1.54, 1.807) is 0 Å². The number of rotatable bonds is 8. The molecule has 0 aromatic carbocycles. The number of hydrogen-bond donors (Lipinski definition) is 1. The number of likely N-dealkylation sites (N-methyl/N-ethyl adjacent to an activating group) is 2. The van der Waals surface area contributed by atoms with Gasteiger partial charge < -0.3 is 10.6 Å². The molecule has 4 nitrogen and oxygen atoms in total. The van der Waals surface area contributed by atoms with Crippen LogP contribution in [0.25, 0.3) is 0 Å². The second-order valence-electron chi connectivity index (χ2n) is 6.28. The van der Waals surface area contributed by atoms with Gasteiger partial charge in [0.15, 0.2) is 0 Å². The number of amides is 1. The average molecular weight is 295 g/mol. The lowest BCUT2D eigenvalue weighted by atomic mass is 9.83. The van der Waals surface area contributed by atoms with Gasteiger partial charge in [-0.25, -0.2) is 0 Å². The van der Waals surface area contributed by atoms with E-state index in [1.165, 1.54) is 25.7 Å². The van der Waals surface area contributed by atoms with E-state index in [1.807, 2.05) is 18.7 Å². The van der Waals surface area contributed by atoms with Crippen molar-refractivity contribution in [2.24, 2.45) is 11.7 Å². The molecule has 1 aliphatic rings. The highest BCUT2D eigenvalue weighted by Crippen LogP contribution is 2.27. The van der Waals surface area contributed by atoms with Crippen molar-refractivity contribution in [1.82, 2.24) is 9.80 Å². The molecule has 0 bridgehead atoms. The Kier molecular flexibility index (Phi) is 7.97. The van der Waals surface area contributed by atoms with Gasteiger partial charge in [0.2, 0.25) is 5.91 Å². The van der Waals surface area contributed by atoms with Crippen molar-refractivity contribution in [2.75, 3.05) is 32.7 Å². The molecule has 0 aromatic rings. The summed E-state index contributed by atoms with van der Waals surface area (Å²) in [4.78, 5) is 16.8. The zero-order valence-electron chi connectivity index (χ0n) is 14.1. The molecule has 0 heterocycles. The molecule has 1 aliphatic carbocycles. The van der Waals surface area contributed by atoms with Gasteiger partial charge in [-0.15, -0.1) is 0 Å². The van der Waals surface area contributed by atoms with Gasteiger partial charge >= 0.3 is 0 Å². The summed E-state index contributed by atoms with van der Waals surface area (Å²) in [5, 5.41) is 0. The van der Waals surface area contributed by atoms with E-state index in [4.69, 9.17) is 5.73 Å². The molecular formula is C17H33N3O. The first-order valence-corrected chi connectivity index (χ1v) is 8.39. The Labute approximate surface area is 130 Å². The maximum absolute atomic E-state index is 12.5. The Bertz CT molecular complexity index is 343. The third kappa shape index (κ3) is 5.44. The van der Waals surface area contributed by atoms with Crippen molar-refractivity contribution in [3.8, 4) is 0 Å². The molecule has 1 rings (SSSR count). The van der Waals surface area contributed by atoms with E-state index >= 15 is 0 Å². The molecule has 1 saturated carbocycles. The monoisotopic (exact) mass is 295 g/mol. The van der Waals surface area contributed by atoms with Gasteiger partial charge in [-0.3, -0.25) is 9.69 Å². The zero-order valence-corrected chi connectivity index (χ0v) is 14.1. The number of nitrogens with two attached hydrogens (primary N) is 1. The molecule has 0 aliphatic heterocycles. The molecule has 4 heteroatoms. The van der Waals surface area contributed by atoms with E-state index in [0.29, 0.717) is 25.0 Å². The van der Waals surface area contributed by atoms with Crippen LogP contribution < -0.4 is 5.73 Å². The summed E-state index contributed by atoms with van der Waals surface area (Å²) in [6.45, 7) is 13.6. The van der Waals surface area contributed by atoms with Crippen LogP contribution in [0.4, 0.5) is 0 Å². The van der Waals surface area contributed by atoms with Crippen LogP contribution >= 0.6 is 0 Å². The van der Waals surface area contributed by atoms with Crippen molar-refractivity contribution in [3.05, 3.63) is 12.2 Å². The van der Waals surface area contributed by atoms with E-state index in [9.17, 15) is 4.79 Å². The van der Waals surface area contributed by atoms with E-state index in [0.717, 1.165) is 25.2 Å². The van der Waals surface area contributed by atoms with Gasteiger partial charge in [-0.1, -0.05) is 31.9 Å². The molecule has 21 heavy (non-hydrogen) atoms. The summed E-state index contributed by atoms with van der Waals surface area (Å²) in [5.41, 5.74) is 6.97. The Hall–Kier alpha value is -0.870. The Morgan fingerprint density at radius 3 is 2.38 bits per heavy atom. The molecule has 0 saturated heterocycles. The molecule has 0 radical (unpaired) electrons. The largest absolute Gasteiger partial charge is 0.338 e. The maximum atomic E-state index is 12.5. The highest BCUT2D eigenvalue weighted by atomic mass is 16.2.